The van der Waals surface area contributed by atoms with Crippen LogP contribution in [0.25, 0.3) is 22.1 Å². The van der Waals surface area contributed by atoms with Crippen LogP contribution in [0, 0.1) is 25.2 Å². The van der Waals surface area contributed by atoms with Crippen LogP contribution in [-0.4, -0.2) is 113 Å². The van der Waals surface area contributed by atoms with Gasteiger partial charge in [-0.2, -0.15) is 10.2 Å². The minimum Gasteiger partial charge on any atom is -0.494 e. The quantitative estimate of drug-likeness (QED) is 0.0306. The van der Waals surface area contributed by atoms with Gasteiger partial charge in [-0.1, -0.05) is 18.2 Å². The van der Waals surface area contributed by atoms with E-state index in [0.717, 1.165) is 32.4 Å². The maximum Gasteiger partial charge on any atom is 0.276 e. The van der Waals surface area contributed by atoms with Gasteiger partial charge in [-0.3, -0.25) is 44.6 Å². The lowest BCUT2D eigenvalue weighted by Gasteiger charge is -2.27. The van der Waals surface area contributed by atoms with E-state index in [0.29, 0.717) is 82.7 Å². The van der Waals surface area contributed by atoms with Gasteiger partial charge in [0.05, 0.1) is 29.5 Å². The predicted molar refractivity (Wildman–Crippen MR) is 262 cm³/mol. The van der Waals surface area contributed by atoms with E-state index in [2.05, 4.69) is 26.1 Å². The molecule has 1 saturated heterocycles. The molecule has 0 aliphatic carbocycles. The molecule has 364 valence electrons. The molecule has 22 heteroatoms. The molecule has 0 radical (unpaired) electrons. The Hall–Kier alpha value is -8.01. The average molecular weight is 945 g/mol. The smallest absolute Gasteiger partial charge is 0.276 e. The van der Waals surface area contributed by atoms with Crippen molar-refractivity contribution >= 4 is 63.6 Å². The third-order valence-corrected chi connectivity index (χ3v) is 11.9. The molecular formula is C47H60N16O6. The first-order chi connectivity index (χ1) is 33.2. The number of fused-ring (bicyclic) bond motifs is 2. The van der Waals surface area contributed by atoms with Gasteiger partial charge in [0.25, 0.3) is 11.8 Å². The van der Waals surface area contributed by atoms with Gasteiger partial charge in [-0.25, -0.2) is 9.97 Å². The Balaban J connectivity index is 1.22. The van der Waals surface area contributed by atoms with E-state index in [1.807, 2.05) is 43.1 Å². The van der Waals surface area contributed by atoms with Crippen molar-refractivity contribution in [3.63, 3.8) is 0 Å². The number of piperidine rings is 1. The lowest BCUT2D eigenvalue weighted by molar-refractivity contribution is 0.0991. The molecule has 0 unspecified atom stereocenters. The Morgan fingerprint density at radius 1 is 0.768 bits per heavy atom. The normalized spacial score (nSPS) is 13.2. The van der Waals surface area contributed by atoms with Crippen molar-refractivity contribution in [2.75, 3.05) is 50.5 Å². The van der Waals surface area contributed by atoms with Crippen LogP contribution in [0.5, 0.6) is 11.5 Å². The summed E-state index contributed by atoms with van der Waals surface area (Å²) in [4.78, 5) is 63.9. The van der Waals surface area contributed by atoms with Crippen LogP contribution in [0.2, 0.25) is 0 Å². The summed E-state index contributed by atoms with van der Waals surface area (Å²) in [6, 6.07) is 9.48. The molecule has 0 bridgehead atoms. The Kier molecular flexibility index (Phi) is 15.4. The van der Waals surface area contributed by atoms with Crippen LogP contribution in [0.1, 0.15) is 86.2 Å². The number of nitrogens with one attached hydrogen (secondary N) is 4. The Labute approximate surface area is 398 Å². The molecule has 22 nitrogen and oxygen atoms in total. The highest BCUT2D eigenvalue weighted by Crippen LogP contribution is 2.33. The van der Waals surface area contributed by atoms with Crippen molar-refractivity contribution in [3.8, 4) is 11.5 Å². The van der Waals surface area contributed by atoms with Crippen LogP contribution < -0.4 is 42.6 Å². The Morgan fingerprint density at radius 3 is 1.75 bits per heavy atom. The third kappa shape index (κ3) is 11.2. The molecule has 2 aromatic carbocycles. The van der Waals surface area contributed by atoms with E-state index in [9.17, 15) is 19.2 Å². The molecule has 5 heterocycles. The fraction of sp³-hybridized carbons (Fsp3) is 0.383. The van der Waals surface area contributed by atoms with Gasteiger partial charge < -0.3 is 46.0 Å². The first-order valence-corrected chi connectivity index (χ1v) is 22.9. The molecule has 1 aliphatic heterocycles. The van der Waals surface area contributed by atoms with Gasteiger partial charge >= 0.3 is 0 Å². The first-order valence-electron chi connectivity index (χ1n) is 22.9. The molecule has 6 aromatic rings. The van der Waals surface area contributed by atoms with Gasteiger partial charge in [0.1, 0.15) is 40.5 Å². The van der Waals surface area contributed by atoms with Crippen LogP contribution in [0.4, 0.5) is 11.9 Å². The number of allylic oxidation sites excluding steroid dienone is 2. The summed E-state index contributed by atoms with van der Waals surface area (Å²) in [5, 5.41) is 26.2. The molecule has 0 saturated carbocycles. The molecule has 4 amide bonds. The number of hydrogen-bond donors (Lipinski definition) is 7. The molecule has 69 heavy (non-hydrogen) atoms. The van der Waals surface area contributed by atoms with Gasteiger partial charge in [0, 0.05) is 50.4 Å². The number of benzene rings is 2. The monoisotopic (exact) mass is 944 g/mol. The number of imidazole rings is 2. The number of nitrogens with two attached hydrogens (primary N) is 3. The zero-order chi connectivity index (χ0) is 49.4. The maximum atomic E-state index is 13.9. The summed E-state index contributed by atoms with van der Waals surface area (Å²) in [6.45, 7) is 11.7. The molecule has 4 aromatic heterocycles. The molecular weight excluding hydrogens is 885 g/mol. The minimum atomic E-state index is -0.700. The van der Waals surface area contributed by atoms with Gasteiger partial charge in [0.15, 0.2) is 5.96 Å². The fourth-order valence-electron chi connectivity index (χ4n) is 8.41. The van der Waals surface area contributed by atoms with Crippen LogP contribution in [0.15, 0.2) is 60.7 Å². The molecule has 1 fully saturated rings. The lowest BCUT2D eigenvalue weighted by Crippen LogP contribution is -2.39. The highest BCUT2D eigenvalue weighted by molar-refractivity contribution is 6.05. The first kappa shape index (κ1) is 48.9. The number of hydrogen-bond acceptors (Lipinski definition) is 12. The van der Waals surface area contributed by atoms with Crippen molar-refractivity contribution < 1.29 is 28.7 Å². The number of anilines is 2. The number of methoxy groups -OCH3 is 1. The Morgan fingerprint density at radius 2 is 1.28 bits per heavy atom. The van der Waals surface area contributed by atoms with Crippen LogP contribution in [-0.2, 0) is 26.2 Å². The summed E-state index contributed by atoms with van der Waals surface area (Å²) in [5.74, 6) is -0.815. The van der Waals surface area contributed by atoms with Crippen molar-refractivity contribution in [2.24, 2.45) is 23.1 Å². The van der Waals surface area contributed by atoms with Crippen molar-refractivity contribution in [1.29, 1.82) is 5.41 Å². The largest absolute Gasteiger partial charge is 0.494 e. The second-order valence-electron chi connectivity index (χ2n) is 16.7. The molecule has 7 rings (SSSR count). The number of aromatic nitrogens is 8. The predicted octanol–water partition coefficient (Wildman–Crippen LogP) is 3.92. The van der Waals surface area contributed by atoms with Crippen LogP contribution >= 0.6 is 0 Å². The van der Waals surface area contributed by atoms with Crippen molar-refractivity contribution in [2.45, 2.75) is 73.1 Å². The summed E-state index contributed by atoms with van der Waals surface area (Å²) in [5.41, 5.74) is 21.4. The lowest BCUT2D eigenvalue weighted by atomic mass is 9.94. The molecule has 0 atom stereocenters. The van der Waals surface area contributed by atoms with Crippen molar-refractivity contribution in [3.05, 3.63) is 94.6 Å². The molecule has 0 spiro atoms. The second-order valence-corrected chi connectivity index (χ2v) is 16.7. The zero-order valence-corrected chi connectivity index (χ0v) is 39.5. The summed E-state index contributed by atoms with van der Waals surface area (Å²) in [7, 11) is 1.46. The van der Waals surface area contributed by atoms with Crippen LogP contribution in [0.3, 0.4) is 0 Å². The highest BCUT2D eigenvalue weighted by Gasteiger charge is 2.24. The van der Waals surface area contributed by atoms with Gasteiger partial charge in [-0.15, -0.1) is 0 Å². The van der Waals surface area contributed by atoms with E-state index in [-0.39, 0.29) is 54.4 Å². The maximum absolute atomic E-state index is 13.9. The number of ether oxygens (including phenoxy) is 2. The number of carbonyl (C=O) groups excluding carboxylic acids is 4. The van der Waals surface area contributed by atoms with E-state index >= 15 is 0 Å². The van der Waals surface area contributed by atoms with Gasteiger partial charge in [0.2, 0.25) is 23.7 Å². The zero-order valence-electron chi connectivity index (χ0n) is 39.5. The number of carbonyl (C=O) groups is 4. The standard InChI is InChI=1S/C47H60N16O6/c1-6-62-35(22-28(3)57-62)43(66)55-46-53-33-24-31(41(48)64)26-37(68-5)39(33)60(46)18-8-9-19-61-40-34(54-47(61)56-44(67)36-23-29(4)58-63(36)7-2)25-32(42(49)65)27-38(40)69-21-11-10-17-59(45(50)51)20-14-30-12-15-52-16-13-30/h8-11,22-27,30,52H,6-7,12-21H2,1-5H3,(H2,48,64)(H2,49,65)(H3,50,51)(H,53,55,66)(H,54,56,67)/b9-8+,11-10+. The SMILES string of the molecule is CCn1nc(C)cc1C(=O)Nc1nc2cc(C(N)=O)cc(OC)c2n1C/C=C/Cn1c(NC(=O)c2cc(C)nn2CC)nc2cc(C(N)=O)cc(OC/C=C/CN(CCC3CCNCC3)C(=N)N)c21. The summed E-state index contributed by atoms with van der Waals surface area (Å²) >= 11 is 0. The van der Waals surface area contributed by atoms with Gasteiger partial charge in [-0.05, 0) is 108 Å². The topological polar surface area (TPSA) is 299 Å². The number of aryl methyl sites for hydroxylation is 4. The highest BCUT2D eigenvalue weighted by atomic mass is 16.5. The van der Waals surface area contributed by atoms with Crippen molar-refractivity contribution in [1.82, 2.24) is 48.9 Å². The van der Waals surface area contributed by atoms with E-state index in [1.54, 1.807) is 44.5 Å². The second kappa shape index (κ2) is 21.7. The van der Waals surface area contributed by atoms with E-state index in [4.69, 9.17) is 42.1 Å². The number of guanidine groups is 1. The number of rotatable bonds is 21. The molecule has 10 N–H and O–H groups in total. The van der Waals surface area contributed by atoms with E-state index < -0.39 is 23.6 Å². The number of nitrogens with zero attached hydrogens (tertiary/aromatic N) is 9. The summed E-state index contributed by atoms with van der Waals surface area (Å²) < 4.78 is 18.7. The average Bonchev–Trinajstić information content (AvgIpc) is 4.10. The number of amides is 4. The fourth-order valence-corrected chi connectivity index (χ4v) is 8.41. The minimum absolute atomic E-state index is 0.0113. The molecule has 1 aliphatic rings. The van der Waals surface area contributed by atoms with E-state index in [1.165, 1.54) is 31.4 Å². The Bertz CT molecular complexity index is 2950. The third-order valence-electron chi connectivity index (χ3n) is 11.9. The summed E-state index contributed by atoms with van der Waals surface area (Å²) in [6.07, 6.45) is 10.5. The number of primary amides is 2.